The molecule has 0 radical (unpaired) electrons. The minimum absolute atomic E-state index is 0.228. The number of ether oxygens (including phenoxy) is 2. The lowest BCUT2D eigenvalue weighted by Crippen LogP contribution is -2.60. The minimum Gasteiger partial charge on any atom is -0.468 e. The van der Waals surface area contributed by atoms with Crippen LogP contribution in [0.15, 0.2) is 6.33 Å². The van der Waals surface area contributed by atoms with Crippen molar-refractivity contribution in [3.8, 4) is 0 Å². The van der Waals surface area contributed by atoms with Crippen LogP contribution in [0.3, 0.4) is 0 Å². The summed E-state index contributed by atoms with van der Waals surface area (Å²) in [7, 11) is 3.06. The molecular weight excluding hydrogens is 296 g/mol. The molecule has 1 fully saturated rings. The summed E-state index contributed by atoms with van der Waals surface area (Å²) in [5.41, 5.74) is -0.726. The SMILES string of the molecule is COCC1(C(=O)OC)CCCCN1Cc1ncnn1CC(C)C. The fraction of sp³-hybridized carbons (Fsp3) is 0.812. The average molecular weight is 324 g/mol. The van der Waals surface area contributed by atoms with Gasteiger partial charge in [-0.2, -0.15) is 5.10 Å². The Hall–Kier alpha value is -1.47. The van der Waals surface area contributed by atoms with Crippen LogP contribution in [0.2, 0.25) is 0 Å². The predicted octanol–water partition coefficient (Wildman–Crippen LogP) is 1.48. The minimum atomic E-state index is -0.726. The number of esters is 1. The average Bonchev–Trinajstić information content (AvgIpc) is 2.95. The summed E-state index contributed by atoms with van der Waals surface area (Å²) in [6, 6.07) is 0. The fourth-order valence-corrected chi connectivity index (χ4v) is 3.28. The smallest absolute Gasteiger partial charge is 0.328 e. The predicted molar refractivity (Wildman–Crippen MR) is 85.7 cm³/mol. The standard InChI is InChI=1S/C16H28N4O3/c1-13(2)9-20-14(17-12-18-20)10-19-8-6-5-7-16(19,11-22-3)15(21)23-4/h12-13H,5-11H2,1-4H3. The third kappa shape index (κ3) is 3.90. The molecule has 0 spiro atoms. The maximum atomic E-state index is 12.5. The van der Waals surface area contributed by atoms with Gasteiger partial charge in [-0.05, 0) is 31.7 Å². The topological polar surface area (TPSA) is 69.5 Å². The number of likely N-dealkylation sites (tertiary alicyclic amines) is 1. The number of hydrogen-bond donors (Lipinski definition) is 0. The number of methoxy groups -OCH3 is 2. The maximum absolute atomic E-state index is 12.5. The van der Waals surface area contributed by atoms with E-state index in [4.69, 9.17) is 9.47 Å². The Bertz CT molecular complexity index is 513. The van der Waals surface area contributed by atoms with Gasteiger partial charge < -0.3 is 9.47 Å². The normalized spacial score (nSPS) is 22.5. The molecule has 7 heteroatoms. The fourth-order valence-electron chi connectivity index (χ4n) is 3.28. The van der Waals surface area contributed by atoms with Gasteiger partial charge in [-0.1, -0.05) is 13.8 Å². The van der Waals surface area contributed by atoms with E-state index in [2.05, 4.69) is 28.8 Å². The lowest BCUT2D eigenvalue weighted by atomic mass is 9.87. The van der Waals surface area contributed by atoms with Crippen LogP contribution in [0.1, 0.15) is 38.9 Å². The van der Waals surface area contributed by atoms with Gasteiger partial charge in [0.25, 0.3) is 0 Å². The Morgan fingerprint density at radius 1 is 1.39 bits per heavy atom. The van der Waals surface area contributed by atoms with E-state index in [-0.39, 0.29) is 5.97 Å². The second kappa shape index (κ2) is 7.88. The molecule has 1 atom stereocenters. The first-order chi connectivity index (χ1) is 11.0. The van der Waals surface area contributed by atoms with Crippen molar-refractivity contribution in [2.45, 2.75) is 51.7 Å². The molecule has 1 unspecified atom stereocenters. The highest BCUT2D eigenvalue weighted by Crippen LogP contribution is 2.31. The second-order valence-electron chi connectivity index (χ2n) is 6.59. The van der Waals surface area contributed by atoms with Crippen LogP contribution in [0.5, 0.6) is 0 Å². The van der Waals surface area contributed by atoms with Gasteiger partial charge in [0.15, 0.2) is 0 Å². The largest absolute Gasteiger partial charge is 0.468 e. The lowest BCUT2D eigenvalue weighted by molar-refractivity contribution is -0.163. The molecule has 0 saturated carbocycles. The highest BCUT2D eigenvalue weighted by atomic mass is 16.5. The molecule has 0 N–H and O–H groups in total. The first-order valence-corrected chi connectivity index (χ1v) is 8.22. The number of carbonyl (C=O) groups excluding carboxylic acids is 1. The van der Waals surface area contributed by atoms with E-state index < -0.39 is 5.54 Å². The summed E-state index contributed by atoms with van der Waals surface area (Å²) in [5, 5.41) is 4.31. The number of hydrogen-bond acceptors (Lipinski definition) is 6. The van der Waals surface area contributed by atoms with Gasteiger partial charge >= 0.3 is 5.97 Å². The van der Waals surface area contributed by atoms with Gasteiger partial charge in [0.1, 0.15) is 17.7 Å². The van der Waals surface area contributed by atoms with E-state index in [1.54, 1.807) is 13.4 Å². The summed E-state index contributed by atoms with van der Waals surface area (Å²) < 4.78 is 12.4. The van der Waals surface area contributed by atoms with Gasteiger partial charge in [-0.15, -0.1) is 0 Å². The molecule has 1 saturated heterocycles. The number of piperidine rings is 1. The van der Waals surface area contributed by atoms with Gasteiger partial charge in [0.05, 0.1) is 20.3 Å². The zero-order chi connectivity index (χ0) is 16.9. The van der Waals surface area contributed by atoms with E-state index in [0.29, 0.717) is 19.1 Å². The molecule has 1 aromatic rings. The Morgan fingerprint density at radius 2 is 2.17 bits per heavy atom. The number of aromatic nitrogens is 3. The van der Waals surface area contributed by atoms with Crippen molar-refractivity contribution in [1.29, 1.82) is 0 Å². The first-order valence-electron chi connectivity index (χ1n) is 8.22. The molecule has 23 heavy (non-hydrogen) atoms. The van der Waals surface area contributed by atoms with Gasteiger partial charge in [-0.25, -0.2) is 14.5 Å². The zero-order valence-electron chi connectivity index (χ0n) is 14.6. The summed E-state index contributed by atoms with van der Waals surface area (Å²) in [6.45, 7) is 6.85. The Morgan fingerprint density at radius 3 is 2.83 bits per heavy atom. The molecule has 2 rings (SSSR count). The van der Waals surface area contributed by atoms with Crippen LogP contribution in [0.4, 0.5) is 0 Å². The van der Waals surface area contributed by atoms with Crippen LogP contribution in [0, 0.1) is 5.92 Å². The molecule has 1 aliphatic rings. The van der Waals surface area contributed by atoms with E-state index in [0.717, 1.165) is 38.2 Å². The number of carbonyl (C=O) groups is 1. The number of nitrogens with zero attached hydrogens (tertiary/aromatic N) is 4. The summed E-state index contributed by atoms with van der Waals surface area (Å²) in [6.07, 6.45) is 4.37. The molecule has 0 aromatic carbocycles. The lowest BCUT2D eigenvalue weighted by Gasteiger charge is -2.44. The van der Waals surface area contributed by atoms with Crippen molar-refractivity contribution in [3.05, 3.63) is 12.2 Å². The van der Waals surface area contributed by atoms with Crippen LogP contribution in [-0.4, -0.2) is 58.5 Å². The molecular formula is C16H28N4O3. The third-order valence-corrected chi connectivity index (χ3v) is 4.39. The van der Waals surface area contributed by atoms with Crippen LogP contribution >= 0.6 is 0 Å². The van der Waals surface area contributed by atoms with Crippen molar-refractivity contribution in [2.75, 3.05) is 27.4 Å². The maximum Gasteiger partial charge on any atom is 0.328 e. The number of rotatable bonds is 7. The Kier molecular flexibility index (Phi) is 6.12. The summed E-state index contributed by atoms with van der Waals surface area (Å²) >= 11 is 0. The van der Waals surface area contributed by atoms with Crippen LogP contribution < -0.4 is 0 Å². The molecule has 7 nitrogen and oxygen atoms in total. The second-order valence-corrected chi connectivity index (χ2v) is 6.59. The van der Waals surface area contributed by atoms with E-state index >= 15 is 0 Å². The van der Waals surface area contributed by atoms with Crippen molar-refractivity contribution in [1.82, 2.24) is 19.7 Å². The van der Waals surface area contributed by atoms with Gasteiger partial charge in [0.2, 0.25) is 0 Å². The van der Waals surface area contributed by atoms with E-state index in [9.17, 15) is 4.79 Å². The van der Waals surface area contributed by atoms with Crippen molar-refractivity contribution in [3.63, 3.8) is 0 Å². The summed E-state index contributed by atoms with van der Waals surface area (Å²) in [5.74, 6) is 1.14. The Balaban J connectivity index is 2.24. The highest BCUT2D eigenvalue weighted by molar-refractivity contribution is 5.81. The van der Waals surface area contributed by atoms with Crippen LogP contribution in [-0.2, 0) is 27.4 Å². The molecule has 0 amide bonds. The molecule has 0 bridgehead atoms. The zero-order valence-corrected chi connectivity index (χ0v) is 14.6. The van der Waals surface area contributed by atoms with Crippen molar-refractivity contribution >= 4 is 5.97 Å². The third-order valence-electron chi connectivity index (χ3n) is 4.39. The van der Waals surface area contributed by atoms with Crippen molar-refractivity contribution in [2.24, 2.45) is 5.92 Å². The molecule has 1 aliphatic heterocycles. The molecule has 1 aromatic heterocycles. The van der Waals surface area contributed by atoms with E-state index in [1.165, 1.54) is 7.11 Å². The monoisotopic (exact) mass is 324 g/mol. The van der Waals surface area contributed by atoms with Crippen molar-refractivity contribution < 1.29 is 14.3 Å². The quantitative estimate of drug-likeness (QED) is 0.708. The van der Waals surface area contributed by atoms with E-state index in [1.807, 2.05) is 4.68 Å². The first kappa shape index (κ1) is 17.9. The van der Waals surface area contributed by atoms with Gasteiger partial charge in [-0.3, -0.25) is 4.90 Å². The van der Waals surface area contributed by atoms with Gasteiger partial charge in [0, 0.05) is 13.7 Å². The molecule has 2 heterocycles. The van der Waals surface area contributed by atoms with Crippen LogP contribution in [0.25, 0.3) is 0 Å². The molecule has 130 valence electrons. The highest BCUT2D eigenvalue weighted by Gasteiger charge is 2.47. The molecule has 0 aliphatic carbocycles. The summed E-state index contributed by atoms with van der Waals surface area (Å²) in [4.78, 5) is 19.0. The Labute approximate surface area is 138 Å².